The summed E-state index contributed by atoms with van der Waals surface area (Å²) in [5.74, 6) is 1.63. The zero-order valence-electron chi connectivity index (χ0n) is 10.7. The number of aromatic nitrogens is 2. The molecule has 16 heavy (non-hydrogen) atoms. The van der Waals surface area contributed by atoms with Gasteiger partial charge in [-0.05, 0) is 31.0 Å². The summed E-state index contributed by atoms with van der Waals surface area (Å²) < 4.78 is 0. The molecule has 0 spiro atoms. The number of nitrogens with one attached hydrogen (secondary N) is 1. The van der Waals surface area contributed by atoms with Crippen molar-refractivity contribution in [2.75, 3.05) is 31.6 Å². The molecular formula is C12H22N4. The van der Waals surface area contributed by atoms with Crippen molar-refractivity contribution in [2.45, 2.75) is 20.8 Å². The number of hydrogen-bond acceptors (Lipinski definition) is 4. The Balaban J connectivity index is 2.32. The second-order valence-corrected chi connectivity index (χ2v) is 4.61. The maximum Gasteiger partial charge on any atom is 0.151 e. The second kappa shape index (κ2) is 6.43. The van der Waals surface area contributed by atoms with Crippen LogP contribution in [-0.4, -0.2) is 36.9 Å². The molecule has 0 aliphatic carbocycles. The van der Waals surface area contributed by atoms with Gasteiger partial charge >= 0.3 is 0 Å². The van der Waals surface area contributed by atoms with Crippen molar-refractivity contribution in [1.29, 1.82) is 0 Å². The van der Waals surface area contributed by atoms with Crippen molar-refractivity contribution in [3.8, 4) is 0 Å². The van der Waals surface area contributed by atoms with Gasteiger partial charge in [0.25, 0.3) is 0 Å². The molecule has 1 heterocycles. The lowest BCUT2D eigenvalue weighted by Crippen LogP contribution is -2.31. The number of aryl methyl sites for hydroxylation is 1. The predicted octanol–water partition coefficient (Wildman–Crippen LogP) is 1.47. The quantitative estimate of drug-likeness (QED) is 0.740. The van der Waals surface area contributed by atoms with E-state index in [4.69, 9.17) is 0 Å². The summed E-state index contributed by atoms with van der Waals surface area (Å²) in [5, 5.41) is 11.5. The summed E-state index contributed by atoms with van der Waals surface area (Å²) in [6.07, 6.45) is 1.77. The summed E-state index contributed by atoms with van der Waals surface area (Å²) >= 11 is 0. The van der Waals surface area contributed by atoms with Crippen LogP contribution in [0.3, 0.4) is 0 Å². The van der Waals surface area contributed by atoms with Crippen molar-refractivity contribution in [3.63, 3.8) is 0 Å². The SMILES string of the molecule is Cc1cnnc(N(C)CCNCC(C)C)c1. The van der Waals surface area contributed by atoms with Crippen LogP contribution in [0.4, 0.5) is 5.82 Å². The van der Waals surface area contributed by atoms with Gasteiger partial charge < -0.3 is 10.2 Å². The van der Waals surface area contributed by atoms with E-state index in [1.807, 2.05) is 14.0 Å². The van der Waals surface area contributed by atoms with Crippen LogP contribution in [-0.2, 0) is 0 Å². The molecule has 0 amide bonds. The Morgan fingerprint density at radius 1 is 1.44 bits per heavy atom. The highest BCUT2D eigenvalue weighted by Crippen LogP contribution is 2.07. The van der Waals surface area contributed by atoms with Crippen LogP contribution in [0.25, 0.3) is 0 Å². The summed E-state index contributed by atoms with van der Waals surface area (Å²) in [6.45, 7) is 9.44. The van der Waals surface area contributed by atoms with E-state index in [1.54, 1.807) is 6.20 Å². The van der Waals surface area contributed by atoms with E-state index in [1.165, 1.54) is 0 Å². The molecule has 1 aromatic rings. The topological polar surface area (TPSA) is 41.1 Å². The summed E-state index contributed by atoms with van der Waals surface area (Å²) in [5.41, 5.74) is 1.15. The average Bonchev–Trinajstić information content (AvgIpc) is 2.24. The molecule has 0 aliphatic heterocycles. The highest BCUT2D eigenvalue weighted by atomic mass is 15.2. The zero-order valence-corrected chi connectivity index (χ0v) is 10.7. The molecule has 0 bridgehead atoms. The second-order valence-electron chi connectivity index (χ2n) is 4.61. The van der Waals surface area contributed by atoms with Crippen LogP contribution in [0.2, 0.25) is 0 Å². The van der Waals surface area contributed by atoms with Crippen LogP contribution in [0, 0.1) is 12.8 Å². The minimum Gasteiger partial charge on any atom is -0.357 e. The fourth-order valence-corrected chi connectivity index (χ4v) is 1.39. The fourth-order valence-electron chi connectivity index (χ4n) is 1.39. The van der Waals surface area contributed by atoms with Gasteiger partial charge in [-0.3, -0.25) is 0 Å². The highest BCUT2D eigenvalue weighted by molar-refractivity contribution is 5.37. The Bertz CT molecular complexity index is 312. The van der Waals surface area contributed by atoms with Gasteiger partial charge in [0.1, 0.15) is 0 Å². The number of anilines is 1. The Labute approximate surface area is 98.1 Å². The van der Waals surface area contributed by atoms with Gasteiger partial charge in [-0.15, -0.1) is 5.10 Å². The monoisotopic (exact) mass is 222 g/mol. The fraction of sp³-hybridized carbons (Fsp3) is 0.667. The first kappa shape index (κ1) is 12.9. The molecule has 1 N–H and O–H groups in total. The summed E-state index contributed by atoms with van der Waals surface area (Å²) in [7, 11) is 2.04. The van der Waals surface area contributed by atoms with Crippen molar-refractivity contribution < 1.29 is 0 Å². The molecule has 0 aromatic carbocycles. The number of likely N-dealkylation sites (N-methyl/N-ethyl adjacent to an activating group) is 1. The van der Waals surface area contributed by atoms with Gasteiger partial charge in [-0.1, -0.05) is 13.8 Å². The van der Waals surface area contributed by atoms with Crippen molar-refractivity contribution in [3.05, 3.63) is 17.8 Å². The van der Waals surface area contributed by atoms with Gasteiger partial charge in [0.15, 0.2) is 5.82 Å². The molecule has 0 fully saturated rings. The average molecular weight is 222 g/mol. The minimum atomic E-state index is 0.698. The minimum absolute atomic E-state index is 0.698. The molecule has 1 rings (SSSR count). The first-order valence-electron chi connectivity index (χ1n) is 5.80. The first-order valence-corrected chi connectivity index (χ1v) is 5.80. The number of hydrogen-bond donors (Lipinski definition) is 1. The highest BCUT2D eigenvalue weighted by Gasteiger charge is 2.02. The van der Waals surface area contributed by atoms with E-state index in [0.29, 0.717) is 5.92 Å². The summed E-state index contributed by atoms with van der Waals surface area (Å²) in [4.78, 5) is 2.12. The van der Waals surface area contributed by atoms with Gasteiger partial charge in [-0.2, -0.15) is 5.10 Å². The molecule has 0 saturated carbocycles. The largest absolute Gasteiger partial charge is 0.357 e. The molecular weight excluding hydrogens is 200 g/mol. The van der Waals surface area contributed by atoms with E-state index in [0.717, 1.165) is 31.0 Å². The van der Waals surface area contributed by atoms with E-state index in [9.17, 15) is 0 Å². The molecule has 0 saturated heterocycles. The number of rotatable bonds is 6. The normalized spacial score (nSPS) is 10.8. The maximum absolute atomic E-state index is 4.10. The van der Waals surface area contributed by atoms with Crippen LogP contribution in [0.5, 0.6) is 0 Å². The molecule has 0 unspecified atom stereocenters. The third-order valence-corrected chi connectivity index (χ3v) is 2.35. The Hall–Kier alpha value is -1.16. The lowest BCUT2D eigenvalue weighted by molar-refractivity contribution is 0.553. The molecule has 4 heteroatoms. The number of nitrogens with zero attached hydrogens (tertiary/aromatic N) is 3. The van der Waals surface area contributed by atoms with E-state index in [2.05, 4.69) is 40.3 Å². The van der Waals surface area contributed by atoms with Crippen molar-refractivity contribution in [2.24, 2.45) is 5.92 Å². The molecule has 0 atom stereocenters. The summed E-state index contributed by atoms with van der Waals surface area (Å²) in [6, 6.07) is 2.05. The van der Waals surface area contributed by atoms with Crippen molar-refractivity contribution >= 4 is 5.82 Å². The van der Waals surface area contributed by atoms with Crippen LogP contribution in [0.15, 0.2) is 12.3 Å². The third-order valence-electron chi connectivity index (χ3n) is 2.35. The van der Waals surface area contributed by atoms with E-state index >= 15 is 0 Å². The molecule has 1 aromatic heterocycles. The van der Waals surface area contributed by atoms with E-state index < -0.39 is 0 Å². The lowest BCUT2D eigenvalue weighted by atomic mass is 10.2. The Kier molecular flexibility index (Phi) is 5.19. The molecule has 90 valence electrons. The smallest absolute Gasteiger partial charge is 0.151 e. The Morgan fingerprint density at radius 3 is 2.81 bits per heavy atom. The van der Waals surface area contributed by atoms with Crippen LogP contribution in [0.1, 0.15) is 19.4 Å². The van der Waals surface area contributed by atoms with Crippen LogP contribution < -0.4 is 10.2 Å². The molecule has 0 radical (unpaired) electrons. The Morgan fingerprint density at radius 2 is 2.19 bits per heavy atom. The van der Waals surface area contributed by atoms with Crippen LogP contribution >= 0.6 is 0 Å². The lowest BCUT2D eigenvalue weighted by Gasteiger charge is -2.18. The predicted molar refractivity (Wildman–Crippen MR) is 67.7 cm³/mol. The zero-order chi connectivity index (χ0) is 12.0. The maximum atomic E-state index is 4.10. The molecule has 0 aliphatic rings. The first-order chi connectivity index (χ1) is 7.59. The standard InChI is InChI=1S/C12H22N4/c1-10(2)8-13-5-6-16(4)12-7-11(3)9-14-15-12/h7,9-10,13H,5-6,8H2,1-4H3. The molecule has 4 nitrogen and oxygen atoms in total. The van der Waals surface area contributed by atoms with Crippen molar-refractivity contribution in [1.82, 2.24) is 15.5 Å². The van der Waals surface area contributed by atoms with Gasteiger partial charge in [0.05, 0.1) is 6.20 Å². The third kappa shape index (κ3) is 4.57. The van der Waals surface area contributed by atoms with E-state index in [-0.39, 0.29) is 0 Å². The van der Waals surface area contributed by atoms with Gasteiger partial charge in [0, 0.05) is 20.1 Å². The van der Waals surface area contributed by atoms with Gasteiger partial charge in [0.2, 0.25) is 0 Å². The van der Waals surface area contributed by atoms with Gasteiger partial charge in [-0.25, -0.2) is 0 Å².